The molecule has 0 aromatic heterocycles. The fourth-order valence-corrected chi connectivity index (χ4v) is 2.08. The summed E-state index contributed by atoms with van der Waals surface area (Å²) in [7, 11) is 0. The van der Waals surface area contributed by atoms with Crippen LogP contribution in [0.1, 0.15) is 21.5 Å². The van der Waals surface area contributed by atoms with Crippen LogP contribution in [0.25, 0.3) is 6.08 Å². The Kier molecular flexibility index (Phi) is 4.49. The number of nitrogens with zero attached hydrogens (tertiary/aromatic N) is 1. The van der Waals surface area contributed by atoms with Crippen LogP contribution in [0, 0.1) is 18.3 Å². The normalized spacial score (nSPS) is 10.9. The van der Waals surface area contributed by atoms with Gasteiger partial charge in [-0.05, 0) is 36.8 Å². The highest BCUT2D eigenvalue weighted by molar-refractivity contribution is 9.10. The summed E-state index contributed by atoms with van der Waals surface area (Å²) < 4.78 is 0.957. The lowest BCUT2D eigenvalue weighted by Crippen LogP contribution is -2.02. The van der Waals surface area contributed by atoms with Crippen molar-refractivity contribution in [2.24, 2.45) is 0 Å². The van der Waals surface area contributed by atoms with E-state index in [9.17, 15) is 10.1 Å². The Bertz CT molecular complexity index is 709. The van der Waals surface area contributed by atoms with Gasteiger partial charge in [0.15, 0.2) is 0 Å². The number of carbonyl (C=O) groups is 1. The van der Waals surface area contributed by atoms with Crippen molar-refractivity contribution in [1.29, 1.82) is 5.26 Å². The number of aryl methyl sites for hydroxylation is 1. The number of allylic oxidation sites excluding steroid dienone is 1. The van der Waals surface area contributed by atoms with E-state index in [-0.39, 0.29) is 11.4 Å². The fourth-order valence-electron chi connectivity index (χ4n) is 1.82. The van der Waals surface area contributed by atoms with Crippen LogP contribution in [-0.2, 0) is 0 Å². The van der Waals surface area contributed by atoms with Crippen LogP contribution in [0.5, 0.6) is 0 Å². The van der Waals surface area contributed by atoms with Crippen molar-refractivity contribution in [1.82, 2.24) is 0 Å². The number of Topliss-reactive ketones (excluding diaryl/α,β-unsaturated/α-hetero) is 1. The van der Waals surface area contributed by atoms with Crippen molar-refractivity contribution < 1.29 is 4.79 Å². The predicted octanol–water partition coefficient (Wildman–Crippen LogP) is 4.55. The molecule has 98 valence electrons. The van der Waals surface area contributed by atoms with Gasteiger partial charge in [0.2, 0.25) is 5.78 Å². The lowest BCUT2D eigenvalue weighted by Gasteiger charge is -2.01. The van der Waals surface area contributed by atoms with E-state index in [1.54, 1.807) is 18.2 Å². The number of hydrogen-bond donors (Lipinski definition) is 0. The van der Waals surface area contributed by atoms with Crippen LogP contribution >= 0.6 is 15.9 Å². The lowest BCUT2D eigenvalue weighted by atomic mass is 10.0. The van der Waals surface area contributed by atoms with Crippen LogP contribution in [-0.4, -0.2) is 5.78 Å². The monoisotopic (exact) mass is 325 g/mol. The van der Waals surface area contributed by atoms with Crippen LogP contribution in [0.2, 0.25) is 0 Å². The molecule has 0 bridgehead atoms. The van der Waals surface area contributed by atoms with E-state index < -0.39 is 0 Å². The molecule has 2 rings (SSSR count). The van der Waals surface area contributed by atoms with E-state index in [1.807, 2.05) is 49.4 Å². The van der Waals surface area contributed by atoms with Gasteiger partial charge in [-0.3, -0.25) is 4.79 Å². The fraction of sp³-hybridized carbons (Fsp3) is 0.0588. The van der Waals surface area contributed by atoms with Crippen molar-refractivity contribution in [2.75, 3.05) is 0 Å². The molecule has 0 aliphatic heterocycles. The Morgan fingerprint density at radius 3 is 2.50 bits per heavy atom. The molecular weight excluding hydrogens is 314 g/mol. The molecule has 2 nitrogen and oxygen atoms in total. The quantitative estimate of drug-likeness (QED) is 0.472. The Hall–Kier alpha value is -2.18. The first-order valence-corrected chi connectivity index (χ1v) is 6.88. The van der Waals surface area contributed by atoms with E-state index >= 15 is 0 Å². The van der Waals surface area contributed by atoms with Crippen molar-refractivity contribution in [3.63, 3.8) is 0 Å². The highest BCUT2D eigenvalue weighted by atomic mass is 79.9. The Morgan fingerprint density at radius 2 is 1.90 bits per heavy atom. The summed E-state index contributed by atoms with van der Waals surface area (Å²) >= 11 is 3.35. The molecule has 20 heavy (non-hydrogen) atoms. The zero-order chi connectivity index (χ0) is 14.5. The first-order chi connectivity index (χ1) is 9.60. The van der Waals surface area contributed by atoms with E-state index in [0.29, 0.717) is 5.56 Å². The Morgan fingerprint density at radius 1 is 1.20 bits per heavy atom. The van der Waals surface area contributed by atoms with Crippen molar-refractivity contribution in [2.45, 2.75) is 6.92 Å². The third kappa shape index (κ3) is 3.43. The Labute approximate surface area is 126 Å². The molecule has 0 N–H and O–H groups in total. The zero-order valence-corrected chi connectivity index (χ0v) is 12.5. The minimum Gasteiger partial charge on any atom is -0.288 e. The minimum atomic E-state index is -0.251. The van der Waals surface area contributed by atoms with Gasteiger partial charge in [-0.2, -0.15) is 5.26 Å². The van der Waals surface area contributed by atoms with Gasteiger partial charge < -0.3 is 0 Å². The van der Waals surface area contributed by atoms with Crippen LogP contribution < -0.4 is 0 Å². The summed E-state index contributed by atoms with van der Waals surface area (Å²) in [4.78, 5) is 12.3. The Balaban J connectivity index is 2.35. The van der Waals surface area contributed by atoms with E-state index in [2.05, 4.69) is 15.9 Å². The van der Waals surface area contributed by atoms with Crippen molar-refractivity contribution in [3.05, 3.63) is 75.3 Å². The SMILES string of the molecule is Cc1cccc(C(=O)/C(C#N)=C/c2ccc(Br)cc2)c1. The highest BCUT2D eigenvalue weighted by Gasteiger charge is 2.12. The zero-order valence-electron chi connectivity index (χ0n) is 10.9. The van der Waals surface area contributed by atoms with Gasteiger partial charge in [0.05, 0.1) is 0 Å². The predicted molar refractivity (Wildman–Crippen MR) is 83.2 cm³/mol. The van der Waals surface area contributed by atoms with E-state index in [0.717, 1.165) is 15.6 Å². The number of nitriles is 1. The topological polar surface area (TPSA) is 40.9 Å². The van der Waals surface area contributed by atoms with Gasteiger partial charge in [0.25, 0.3) is 0 Å². The number of ketones is 1. The second-order valence-corrected chi connectivity index (χ2v) is 5.34. The van der Waals surface area contributed by atoms with Gasteiger partial charge in [-0.15, -0.1) is 0 Å². The molecule has 3 heteroatoms. The third-order valence-electron chi connectivity index (χ3n) is 2.83. The standard InChI is InChI=1S/C17H12BrNO/c1-12-3-2-4-14(9-12)17(20)15(11-19)10-13-5-7-16(18)8-6-13/h2-10H,1H3/b15-10+. The summed E-state index contributed by atoms with van der Waals surface area (Å²) in [5.74, 6) is -0.251. The van der Waals surface area contributed by atoms with Crippen LogP contribution in [0.4, 0.5) is 0 Å². The van der Waals surface area contributed by atoms with Crippen molar-refractivity contribution in [3.8, 4) is 6.07 Å². The smallest absolute Gasteiger partial charge is 0.203 e. The lowest BCUT2D eigenvalue weighted by molar-refractivity contribution is 0.104. The minimum absolute atomic E-state index is 0.137. The van der Waals surface area contributed by atoms with Crippen LogP contribution in [0.3, 0.4) is 0 Å². The molecule has 0 aliphatic rings. The maximum atomic E-state index is 12.3. The summed E-state index contributed by atoms with van der Waals surface area (Å²) in [5, 5.41) is 9.19. The maximum absolute atomic E-state index is 12.3. The molecule has 0 saturated heterocycles. The number of halogens is 1. The molecular formula is C17H12BrNO. The first kappa shape index (κ1) is 14.2. The largest absolute Gasteiger partial charge is 0.288 e. The molecule has 0 unspecified atom stereocenters. The van der Waals surface area contributed by atoms with Crippen LogP contribution in [0.15, 0.2) is 58.6 Å². The third-order valence-corrected chi connectivity index (χ3v) is 3.36. The van der Waals surface area contributed by atoms with E-state index in [1.165, 1.54) is 0 Å². The average Bonchev–Trinajstić information content (AvgIpc) is 2.46. The summed E-state index contributed by atoms with van der Waals surface area (Å²) in [6, 6.07) is 16.7. The summed E-state index contributed by atoms with van der Waals surface area (Å²) in [6.45, 7) is 1.92. The van der Waals surface area contributed by atoms with Gasteiger partial charge in [-0.1, -0.05) is 51.8 Å². The molecule has 0 atom stereocenters. The second kappa shape index (κ2) is 6.31. The molecule has 0 amide bonds. The molecule has 2 aromatic rings. The molecule has 0 fully saturated rings. The molecule has 0 spiro atoms. The number of hydrogen-bond acceptors (Lipinski definition) is 2. The number of rotatable bonds is 3. The highest BCUT2D eigenvalue weighted by Crippen LogP contribution is 2.16. The van der Waals surface area contributed by atoms with Gasteiger partial charge in [0, 0.05) is 10.0 Å². The molecule has 0 aliphatic carbocycles. The average molecular weight is 326 g/mol. The van der Waals surface area contributed by atoms with Gasteiger partial charge >= 0.3 is 0 Å². The molecule has 0 radical (unpaired) electrons. The molecule has 0 heterocycles. The maximum Gasteiger partial charge on any atom is 0.203 e. The van der Waals surface area contributed by atoms with Crippen molar-refractivity contribution >= 4 is 27.8 Å². The van der Waals surface area contributed by atoms with Gasteiger partial charge in [-0.25, -0.2) is 0 Å². The molecule has 2 aromatic carbocycles. The summed E-state index contributed by atoms with van der Waals surface area (Å²) in [5.41, 5.74) is 2.50. The summed E-state index contributed by atoms with van der Waals surface area (Å²) in [6.07, 6.45) is 1.61. The first-order valence-electron chi connectivity index (χ1n) is 6.09. The van der Waals surface area contributed by atoms with E-state index in [4.69, 9.17) is 0 Å². The number of benzene rings is 2. The van der Waals surface area contributed by atoms with Gasteiger partial charge in [0.1, 0.15) is 11.6 Å². The number of carbonyl (C=O) groups excluding carboxylic acids is 1. The second-order valence-electron chi connectivity index (χ2n) is 4.42. The molecule has 0 saturated carbocycles.